The fourth-order valence-corrected chi connectivity index (χ4v) is 2.40. The van der Waals surface area contributed by atoms with Crippen molar-refractivity contribution in [2.75, 3.05) is 6.79 Å². The topological polar surface area (TPSA) is 30.8 Å². The van der Waals surface area contributed by atoms with Crippen LogP contribution in [0.5, 0.6) is 11.5 Å². The Morgan fingerprint density at radius 1 is 1.41 bits per heavy atom. The summed E-state index contributed by atoms with van der Waals surface area (Å²) in [4.78, 5) is 0. The zero-order valence-corrected chi connectivity index (χ0v) is 12.8. The molecule has 0 unspecified atom stereocenters. The number of hydrogen-bond acceptors (Lipinski definition) is 3. The van der Waals surface area contributed by atoms with E-state index in [0.29, 0.717) is 0 Å². The molecule has 0 radical (unpaired) electrons. The minimum atomic E-state index is 0.285. The van der Waals surface area contributed by atoms with E-state index in [2.05, 4.69) is 10.1 Å². The molecule has 1 aliphatic rings. The van der Waals surface area contributed by atoms with Crippen LogP contribution in [0.25, 0.3) is 5.57 Å². The maximum absolute atomic E-state index is 5.40. The summed E-state index contributed by atoms with van der Waals surface area (Å²) in [6.07, 6.45) is 2.05. The molecule has 0 N–H and O–H groups in total. The Morgan fingerprint density at radius 2 is 2.06 bits per heavy atom. The first-order chi connectivity index (χ1) is 8.17. The van der Waals surface area contributed by atoms with Gasteiger partial charge in [0.05, 0.1) is 0 Å². The first kappa shape index (κ1) is 12.3. The molecule has 4 heteroatoms. The van der Waals surface area contributed by atoms with Crippen molar-refractivity contribution in [3.05, 3.63) is 35.9 Å². The van der Waals surface area contributed by atoms with Crippen molar-refractivity contribution in [1.82, 2.24) is 0 Å². The molecular formula is C13H13NO2W. The summed E-state index contributed by atoms with van der Waals surface area (Å²) in [6, 6.07) is 3.91. The van der Waals surface area contributed by atoms with Crippen molar-refractivity contribution in [3.8, 4) is 11.5 Å². The van der Waals surface area contributed by atoms with Crippen LogP contribution in [0.2, 0.25) is 0 Å². The van der Waals surface area contributed by atoms with E-state index < -0.39 is 0 Å². The van der Waals surface area contributed by atoms with Gasteiger partial charge in [-0.15, -0.1) is 0 Å². The monoisotopic (exact) mass is 399 g/mol. The summed E-state index contributed by atoms with van der Waals surface area (Å²) in [7, 11) is 0. The zero-order valence-electron chi connectivity index (χ0n) is 9.82. The van der Waals surface area contributed by atoms with Crippen molar-refractivity contribution < 1.29 is 29.1 Å². The van der Waals surface area contributed by atoms with Gasteiger partial charge >= 0.3 is 112 Å². The number of rotatable bonds is 3. The van der Waals surface area contributed by atoms with Crippen molar-refractivity contribution in [3.63, 3.8) is 0 Å². The van der Waals surface area contributed by atoms with Gasteiger partial charge in [0.1, 0.15) is 0 Å². The number of benzene rings is 1. The van der Waals surface area contributed by atoms with Crippen LogP contribution in [0.1, 0.15) is 19.4 Å². The molecule has 1 aromatic rings. The van der Waals surface area contributed by atoms with Gasteiger partial charge in [-0.1, -0.05) is 0 Å². The second kappa shape index (κ2) is 4.97. The van der Waals surface area contributed by atoms with Crippen LogP contribution < -0.4 is 9.47 Å². The molecular weight excluding hydrogens is 386 g/mol. The molecule has 88 valence electrons. The number of fused-ring (bicyclic) bond motifs is 1. The molecule has 0 aromatic heterocycles. The summed E-state index contributed by atoms with van der Waals surface area (Å²) in [5.41, 5.74) is 4.11. The first-order valence-corrected chi connectivity index (χ1v) is 6.58. The SMILES string of the molecule is C=C(C)C(=CC)c1cc2c(cc1[N]=[W])OCO2. The van der Waals surface area contributed by atoms with E-state index in [0.717, 1.165) is 53.5 Å². The molecule has 1 aromatic carbocycles. The van der Waals surface area contributed by atoms with Crippen LogP contribution >= 0.6 is 0 Å². The molecule has 3 nitrogen and oxygen atoms in total. The van der Waals surface area contributed by atoms with Crippen LogP contribution in [0.4, 0.5) is 5.69 Å². The third-order valence-corrected chi connectivity index (χ3v) is 3.33. The van der Waals surface area contributed by atoms with E-state index in [4.69, 9.17) is 9.47 Å². The maximum atomic E-state index is 5.40. The van der Waals surface area contributed by atoms with Crippen molar-refractivity contribution in [2.24, 2.45) is 3.50 Å². The van der Waals surface area contributed by atoms with Crippen LogP contribution in [-0.2, 0) is 19.6 Å². The normalized spacial score (nSPS) is 13.6. The summed E-state index contributed by atoms with van der Waals surface area (Å²) < 4.78 is 15.1. The second-order valence-electron chi connectivity index (χ2n) is 3.80. The Morgan fingerprint density at radius 3 is 2.59 bits per heavy atom. The average molecular weight is 399 g/mol. The first-order valence-electron chi connectivity index (χ1n) is 5.27. The number of nitrogens with zero attached hydrogens (tertiary/aromatic N) is 1. The van der Waals surface area contributed by atoms with Gasteiger partial charge in [0.2, 0.25) is 0 Å². The zero-order chi connectivity index (χ0) is 12.4. The molecule has 2 rings (SSSR count). The van der Waals surface area contributed by atoms with E-state index in [1.807, 2.05) is 32.1 Å². The Kier molecular flexibility index (Phi) is 3.58. The van der Waals surface area contributed by atoms with Crippen LogP contribution in [0.3, 0.4) is 0 Å². The summed E-state index contributed by atoms with van der Waals surface area (Å²) in [6.45, 7) is 8.27. The molecule has 0 spiro atoms. The molecule has 17 heavy (non-hydrogen) atoms. The van der Waals surface area contributed by atoms with Crippen LogP contribution in [-0.4, -0.2) is 6.79 Å². The van der Waals surface area contributed by atoms with Gasteiger partial charge in [-0.05, 0) is 0 Å². The van der Waals surface area contributed by atoms with Gasteiger partial charge in [-0.25, -0.2) is 0 Å². The van der Waals surface area contributed by atoms with Gasteiger partial charge in [-0.2, -0.15) is 0 Å². The van der Waals surface area contributed by atoms with Gasteiger partial charge in [0.15, 0.2) is 0 Å². The molecule has 0 saturated heterocycles. The molecule has 1 heterocycles. The Labute approximate surface area is 112 Å². The standard InChI is InChI=1S/C13H13NO2.W/c1-4-9(8(2)3)10-5-12-13(6-11(10)14)16-7-15-12;/h4-6H,2,7H2,1,3H3;. The summed E-state index contributed by atoms with van der Waals surface area (Å²) >= 11 is 1.16. The third-order valence-electron chi connectivity index (χ3n) is 2.63. The van der Waals surface area contributed by atoms with Crippen LogP contribution in [0, 0.1) is 0 Å². The van der Waals surface area contributed by atoms with Gasteiger partial charge in [0, 0.05) is 0 Å². The Hall–Kier alpha value is -1.21. The average Bonchev–Trinajstić information content (AvgIpc) is 2.75. The minimum absolute atomic E-state index is 0.285. The number of ether oxygens (including phenoxy) is 2. The quantitative estimate of drug-likeness (QED) is 0.726. The van der Waals surface area contributed by atoms with E-state index in [1.54, 1.807) is 0 Å². The second-order valence-corrected chi connectivity index (χ2v) is 4.45. The van der Waals surface area contributed by atoms with E-state index in [-0.39, 0.29) is 6.79 Å². The van der Waals surface area contributed by atoms with E-state index in [9.17, 15) is 0 Å². The molecule has 0 fully saturated rings. The molecule has 0 amide bonds. The van der Waals surface area contributed by atoms with Crippen molar-refractivity contribution in [1.29, 1.82) is 0 Å². The predicted molar refractivity (Wildman–Crippen MR) is 63.1 cm³/mol. The molecule has 0 atom stereocenters. The third kappa shape index (κ3) is 2.25. The molecule has 0 aliphatic carbocycles. The fraction of sp³-hybridized carbons (Fsp3) is 0.231. The number of hydrogen-bond donors (Lipinski definition) is 0. The molecule has 0 bridgehead atoms. The van der Waals surface area contributed by atoms with Crippen molar-refractivity contribution in [2.45, 2.75) is 13.8 Å². The van der Waals surface area contributed by atoms with Gasteiger partial charge in [0.25, 0.3) is 0 Å². The molecule has 1 aliphatic heterocycles. The van der Waals surface area contributed by atoms with Gasteiger partial charge in [-0.3, -0.25) is 0 Å². The van der Waals surface area contributed by atoms with Crippen molar-refractivity contribution >= 4 is 11.3 Å². The fourth-order valence-electron chi connectivity index (χ4n) is 1.85. The van der Waals surface area contributed by atoms with E-state index >= 15 is 0 Å². The van der Waals surface area contributed by atoms with Crippen LogP contribution in [0.15, 0.2) is 33.9 Å². The summed E-state index contributed by atoms with van der Waals surface area (Å²) in [5, 5.41) is 0. The Balaban J connectivity index is 2.60. The van der Waals surface area contributed by atoms with Gasteiger partial charge < -0.3 is 0 Å². The number of allylic oxidation sites excluding steroid dienone is 3. The summed E-state index contributed by atoms with van der Waals surface area (Å²) in [5.74, 6) is 1.55. The predicted octanol–water partition coefficient (Wildman–Crippen LogP) is 3.76. The van der Waals surface area contributed by atoms with E-state index in [1.165, 1.54) is 0 Å². The Bertz CT molecular complexity index is 520. The molecule has 0 saturated carbocycles.